The number of furan rings is 1. The van der Waals surface area contributed by atoms with Crippen LogP contribution in [0.25, 0.3) is 22.5 Å². The van der Waals surface area contributed by atoms with Gasteiger partial charge in [0.25, 0.3) is 0 Å². The van der Waals surface area contributed by atoms with Gasteiger partial charge in [0.15, 0.2) is 11.6 Å². The second kappa shape index (κ2) is 7.79. The fourth-order valence-corrected chi connectivity index (χ4v) is 2.47. The third-order valence-electron chi connectivity index (χ3n) is 4.01. The van der Waals surface area contributed by atoms with Crippen molar-refractivity contribution in [3.63, 3.8) is 0 Å². The molecular weight excluding hydrogens is 316 g/mol. The lowest BCUT2D eigenvalue weighted by Gasteiger charge is -2.13. The van der Waals surface area contributed by atoms with Crippen LogP contribution in [-0.4, -0.2) is 28.5 Å². The van der Waals surface area contributed by atoms with Crippen molar-refractivity contribution in [3.05, 3.63) is 42.7 Å². The number of benzene rings is 1. The van der Waals surface area contributed by atoms with Gasteiger partial charge in [-0.1, -0.05) is 19.1 Å². The number of aromatic nitrogens is 2. The average Bonchev–Trinajstić information content (AvgIpc) is 3.16. The van der Waals surface area contributed by atoms with E-state index in [1.54, 1.807) is 12.3 Å². The number of para-hydroxylation sites is 1. The summed E-state index contributed by atoms with van der Waals surface area (Å²) in [5.41, 5.74) is 0.829. The number of hydrogen-bond acceptors (Lipinski definition) is 5. The fourth-order valence-electron chi connectivity index (χ4n) is 2.47. The van der Waals surface area contributed by atoms with E-state index < -0.39 is 0 Å². The normalized spacial score (nSPS) is 12.1. The van der Waals surface area contributed by atoms with Gasteiger partial charge in [0.1, 0.15) is 5.82 Å². The summed E-state index contributed by atoms with van der Waals surface area (Å²) in [5, 5.41) is 7.14. The van der Waals surface area contributed by atoms with Crippen LogP contribution >= 0.6 is 0 Å². The first kappa shape index (κ1) is 17.0. The van der Waals surface area contributed by atoms with E-state index in [2.05, 4.69) is 20.6 Å². The van der Waals surface area contributed by atoms with Crippen LogP contribution in [-0.2, 0) is 4.79 Å². The molecule has 0 unspecified atom stereocenters. The highest BCUT2D eigenvalue weighted by atomic mass is 16.3. The van der Waals surface area contributed by atoms with Gasteiger partial charge in [0.2, 0.25) is 5.91 Å². The molecule has 0 spiro atoms. The molecule has 6 heteroatoms. The minimum atomic E-state index is 0.0338. The number of nitrogens with one attached hydrogen (secondary N) is 2. The molecule has 0 aliphatic heterocycles. The second-order valence-corrected chi connectivity index (χ2v) is 5.94. The lowest BCUT2D eigenvalue weighted by Crippen LogP contribution is -2.33. The van der Waals surface area contributed by atoms with E-state index in [1.807, 2.05) is 44.2 Å². The standard InChI is InChI=1S/C19H22N4O2/c1-3-13(2)21-17(24)10-11-20-18-14-7-4-5-8-15(14)22-19(23-18)16-9-6-12-25-16/h4-9,12-13H,3,10-11H2,1-2H3,(H,21,24)(H,20,22,23)/t13-/m0/s1. The number of anilines is 1. The second-order valence-electron chi connectivity index (χ2n) is 5.94. The molecule has 0 bridgehead atoms. The SMILES string of the molecule is CC[C@H](C)NC(=O)CCNc1nc(-c2ccco2)nc2ccccc12. The minimum absolute atomic E-state index is 0.0338. The van der Waals surface area contributed by atoms with Gasteiger partial charge in [-0.25, -0.2) is 9.97 Å². The van der Waals surface area contributed by atoms with E-state index in [0.717, 1.165) is 17.3 Å². The lowest BCUT2D eigenvalue weighted by molar-refractivity contribution is -0.121. The zero-order chi connectivity index (χ0) is 17.6. The van der Waals surface area contributed by atoms with Crippen molar-refractivity contribution in [2.45, 2.75) is 32.7 Å². The Balaban J connectivity index is 1.77. The van der Waals surface area contributed by atoms with Crippen molar-refractivity contribution in [3.8, 4) is 11.6 Å². The zero-order valence-electron chi connectivity index (χ0n) is 14.5. The first-order valence-corrected chi connectivity index (χ1v) is 8.51. The number of carbonyl (C=O) groups excluding carboxylic acids is 1. The quantitative estimate of drug-likeness (QED) is 0.688. The number of carbonyl (C=O) groups is 1. The van der Waals surface area contributed by atoms with Crippen LogP contribution in [0.5, 0.6) is 0 Å². The topological polar surface area (TPSA) is 80.0 Å². The molecule has 130 valence electrons. The zero-order valence-corrected chi connectivity index (χ0v) is 14.5. The van der Waals surface area contributed by atoms with Crippen molar-refractivity contribution < 1.29 is 9.21 Å². The van der Waals surface area contributed by atoms with E-state index in [-0.39, 0.29) is 11.9 Å². The van der Waals surface area contributed by atoms with Crippen LogP contribution in [0.4, 0.5) is 5.82 Å². The highest BCUT2D eigenvalue weighted by Gasteiger charge is 2.11. The molecule has 1 atom stereocenters. The van der Waals surface area contributed by atoms with Crippen molar-refractivity contribution in [1.29, 1.82) is 0 Å². The fraction of sp³-hybridized carbons (Fsp3) is 0.316. The molecule has 1 amide bonds. The molecule has 0 radical (unpaired) electrons. The Hall–Kier alpha value is -2.89. The smallest absolute Gasteiger partial charge is 0.221 e. The third-order valence-corrected chi connectivity index (χ3v) is 4.01. The predicted molar refractivity (Wildman–Crippen MR) is 98.2 cm³/mol. The summed E-state index contributed by atoms with van der Waals surface area (Å²) in [6.07, 6.45) is 2.90. The average molecular weight is 338 g/mol. The predicted octanol–water partition coefficient (Wildman–Crippen LogP) is 3.61. The van der Waals surface area contributed by atoms with Crippen LogP contribution in [0.15, 0.2) is 47.1 Å². The molecular formula is C19H22N4O2. The first-order chi connectivity index (χ1) is 12.2. The van der Waals surface area contributed by atoms with Crippen LogP contribution in [0.3, 0.4) is 0 Å². The Morgan fingerprint density at radius 2 is 2.04 bits per heavy atom. The van der Waals surface area contributed by atoms with E-state index in [0.29, 0.717) is 30.4 Å². The maximum absolute atomic E-state index is 11.9. The molecule has 2 N–H and O–H groups in total. The van der Waals surface area contributed by atoms with Gasteiger partial charge in [-0.2, -0.15) is 0 Å². The number of amides is 1. The van der Waals surface area contributed by atoms with Gasteiger partial charge in [0, 0.05) is 24.4 Å². The van der Waals surface area contributed by atoms with E-state index in [9.17, 15) is 4.79 Å². The third kappa shape index (κ3) is 4.15. The van der Waals surface area contributed by atoms with Crippen LogP contribution in [0.2, 0.25) is 0 Å². The minimum Gasteiger partial charge on any atom is -0.461 e. The Kier molecular flexibility index (Phi) is 5.28. The summed E-state index contributed by atoms with van der Waals surface area (Å²) < 4.78 is 5.41. The molecule has 2 aromatic heterocycles. The summed E-state index contributed by atoms with van der Waals surface area (Å²) in [5.74, 6) is 1.87. The molecule has 1 aromatic carbocycles. The highest BCUT2D eigenvalue weighted by Crippen LogP contribution is 2.24. The number of hydrogen-bond donors (Lipinski definition) is 2. The summed E-state index contributed by atoms with van der Waals surface area (Å²) in [6.45, 7) is 4.55. The summed E-state index contributed by atoms with van der Waals surface area (Å²) >= 11 is 0. The Morgan fingerprint density at radius 3 is 2.80 bits per heavy atom. The molecule has 3 rings (SSSR count). The Morgan fingerprint density at radius 1 is 1.20 bits per heavy atom. The van der Waals surface area contributed by atoms with E-state index in [4.69, 9.17) is 4.42 Å². The van der Waals surface area contributed by atoms with Gasteiger partial charge in [0.05, 0.1) is 11.8 Å². The van der Waals surface area contributed by atoms with Crippen LogP contribution < -0.4 is 10.6 Å². The first-order valence-electron chi connectivity index (χ1n) is 8.51. The van der Waals surface area contributed by atoms with Crippen LogP contribution in [0.1, 0.15) is 26.7 Å². The van der Waals surface area contributed by atoms with Crippen molar-refractivity contribution in [2.75, 3.05) is 11.9 Å². The van der Waals surface area contributed by atoms with E-state index in [1.165, 1.54) is 0 Å². The largest absolute Gasteiger partial charge is 0.461 e. The maximum Gasteiger partial charge on any atom is 0.221 e. The van der Waals surface area contributed by atoms with Gasteiger partial charge in [-0.05, 0) is 37.6 Å². The van der Waals surface area contributed by atoms with Gasteiger partial charge < -0.3 is 15.1 Å². The summed E-state index contributed by atoms with van der Waals surface area (Å²) in [6, 6.07) is 11.6. The monoisotopic (exact) mass is 338 g/mol. The molecule has 0 aliphatic rings. The molecule has 25 heavy (non-hydrogen) atoms. The lowest BCUT2D eigenvalue weighted by atomic mass is 10.2. The molecule has 2 heterocycles. The Labute approximate surface area is 146 Å². The Bertz CT molecular complexity index is 846. The molecule has 3 aromatic rings. The van der Waals surface area contributed by atoms with E-state index >= 15 is 0 Å². The number of rotatable bonds is 7. The van der Waals surface area contributed by atoms with Gasteiger partial charge >= 0.3 is 0 Å². The number of nitrogens with zero attached hydrogens (tertiary/aromatic N) is 2. The van der Waals surface area contributed by atoms with Gasteiger partial charge in [-0.15, -0.1) is 0 Å². The maximum atomic E-state index is 11.9. The molecule has 0 fully saturated rings. The molecule has 0 saturated heterocycles. The van der Waals surface area contributed by atoms with Crippen molar-refractivity contribution >= 4 is 22.6 Å². The summed E-state index contributed by atoms with van der Waals surface area (Å²) in [7, 11) is 0. The summed E-state index contributed by atoms with van der Waals surface area (Å²) in [4.78, 5) is 21.0. The number of fused-ring (bicyclic) bond motifs is 1. The molecule has 0 saturated carbocycles. The van der Waals surface area contributed by atoms with Crippen molar-refractivity contribution in [2.24, 2.45) is 0 Å². The molecule has 6 nitrogen and oxygen atoms in total. The molecule has 0 aliphatic carbocycles. The highest BCUT2D eigenvalue weighted by molar-refractivity contribution is 5.90. The van der Waals surface area contributed by atoms with Crippen LogP contribution in [0, 0.1) is 0 Å². The van der Waals surface area contributed by atoms with Crippen molar-refractivity contribution in [1.82, 2.24) is 15.3 Å². The van der Waals surface area contributed by atoms with Gasteiger partial charge in [-0.3, -0.25) is 4.79 Å².